The minimum atomic E-state index is -0.990. The molecular formula is C11H15NO5. The van der Waals surface area contributed by atoms with Crippen LogP contribution < -0.4 is 5.32 Å². The van der Waals surface area contributed by atoms with Crippen LogP contribution in [-0.2, 0) is 14.3 Å². The Morgan fingerprint density at radius 3 is 2.65 bits per heavy atom. The van der Waals surface area contributed by atoms with Crippen LogP contribution in [0.3, 0.4) is 0 Å². The summed E-state index contributed by atoms with van der Waals surface area (Å²) in [5.41, 5.74) is 0. The number of esters is 1. The van der Waals surface area contributed by atoms with Gasteiger partial charge in [0.05, 0.1) is 13.7 Å². The Bertz CT molecular complexity index is 398. The van der Waals surface area contributed by atoms with E-state index in [2.05, 4.69) is 10.1 Å². The predicted octanol–water partition coefficient (Wildman–Crippen LogP) is 1.55. The van der Waals surface area contributed by atoms with Gasteiger partial charge in [-0.2, -0.15) is 0 Å². The second kappa shape index (κ2) is 5.93. The molecule has 0 radical (unpaired) electrons. The van der Waals surface area contributed by atoms with Crippen molar-refractivity contribution in [3.8, 4) is 0 Å². The quantitative estimate of drug-likeness (QED) is 0.809. The Morgan fingerprint density at radius 1 is 1.47 bits per heavy atom. The zero-order chi connectivity index (χ0) is 12.8. The van der Waals surface area contributed by atoms with Gasteiger partial charge in [-0.3, -0.25) is 0 Å². The molecule has 1 heterocycles. The molecule has 0 bridgehead atoms. The van der Waals surface area contributed by atoms with Gasteiger partial charge in [0.25, 0.3) is 0 Å². The predicted molar refractivity (Wildman–Crippen MR) is 58.4 cm³/mol. The summed E-state index contributed by atoms with van der Waals surface area (Å²) >= 11 is 0. The van der Waals surface area contributed by atoms with E-state index in [1.54, 1.807) is 26.0 Å². The van der Waals surface area contributed by atoms with E-state index in [-0.39, 0.29) is 6.61 Å². The Labute approximate surface area is 98.9 Å². The van der Waals surface area contributed by atoms with Crippen LogP contribution in [0.2, 0.25) is 0 Å². The highest BCUT2D eigenvalue weighted by Crippen LogP contribution is 2.18. The molecule has 0 unspecified atom stereocenters. The third-order valence-electron chi connectivity index (χ3n) is 2.02. The average Bonchev–Trinajstić information content (AvgIpc) is 2.72. The largest absolute Gasteiger partial charge is 0.464 e. The van der Waals surface area contributed by atoms with E-state index in [1.807, 2.05) is 0 Å². The van der Waals surface area contributed by atoms with Crippen molar-refractivity contribution in [3.63, 3.8) is 0 Å². The first-order valence-corrected chi connectivity index (χ1v) is 5.16. The normalized spacial score (nSPS) is 11.7. The smallest absolute Gasteiger partial charge is 0.407 e. The van der Waals surface area contributed by atoms with Gasteiger partial charge in [0.1, 0.15) is 11.5 Å². The number of alkyl carbamates (subject to hydrolysis) is 1. The molecule has 0 aromatic carbocycles. The Morgan fingerprint density at radius 2 is 2.18 bits per heavy atom. The molecule has 0 spiro atoms. The lowest BCUT2D eigenvalue weighted by Crippen LogP contribution is -2.34. The molecule has 94 valence electrons. The maximum atomic E-state index is 11.7. The van der Waals surface area contributed by atoms with E-state index in [9.17, 15) is 9.59 Å². The zero-order valence-electron chi connectivity index (χ0n) is 9.98. The number of nitrogens with one attached hydrogen (secondary N) is 1. The maximum Gasteiger partial charge on any atom is 0.407 e. The first kappa shape index (κ1) is 13.1. The molecule has 1 amide bonds. The Kier molecular flexibility index (Phi) is 4.56. The number of methoxy groups -OCH3 is 1. The monoisotopic (exact) mass is 241 g/mol. The molecular weight excluding hydrogens is 226 g/mol. The number of aryl methyl sites for hydroxylation is 1. The lowest BCUT2D eigenvalue weighted by atomic mass is 10.2. The van der Waals surface area contributed by atoms with E-state index in [1.165, 1.54) is 7.11 Å². The van der Waals surface area contributed by atoms with E-state index < -0.39 is 18.1 Å². The summed E-state index contributed by atoms with van der Waals surface area (Å²) in [6, 6.07) is 2.31. The third kappa shape index (κ3) is 3.51. The fourth-order valence-corrected chi connectivity index (χ4v) is 1.26. The average molecular weight is 241 g/mol. The molecule has 1 aromatic rings. The number of furan rings is 1. The summed E-state index contributed by atoms with van der Waals surface area (Å²) in [6.45, 7) is 3.64. The summed E-state index contributed by atoms with van der Waals surface area (Å²) in [7, 11) is 1.21. The molecule has 0 saturated carbocycles. The van der Waals surface area contributed by atoms with Crippen LogP contribution in [-0.4, -0.2) is 25.8 Å². The van der Waals surface area contributed by atoms with Crippen molar-refractivity contribution in [1.82, 2.24) is 5.32 Å². The van der Waals surface area contributed by atoms with Gasteiger partial charge in [-0.1, -0.05) is 0 Å². The van der Waals surface area contributed by atoms with Crippen molar-refractivity contribution >= 4 is 12.1 Å². The number of carbonyl (C=O) groups excluding carboxylic acids is 2. The van der Waals surface area contributed by atoms with Crippen LogP contribution in [0, 0.1) is 6.92 Å². The molecule has 0 aliphatic heterocycles. The van der Waals surface area contributed by atoms with Crippen LogP contribution in [0.15, 0.2) is 16.5 Å². The summed E-state index contributed by atoms with van der Waals surface area (Å²) in [6.07, 6.45) is -0.725. The highest BCUT2D eigenvalue weighted by molar-refractivity contribution is 5.82. The molecule has 0 fully saturated rings. The van der Waals surface area contributed by atoms with E-state index >= 15 is 0 Å². The Hall–Kier alpha value is -1.98. The van der Waals surface area contributed by atoms with Crippen molar-refractivity contribution in [2.45, 2.75) is 19.9 Å². The zero-order valence-corrected chi connectivity index (χ0v) is 9.98. The summed E-state index contributed by atoms with van der Waals surface area (Å²) in [5, 5.41) is 2.35. The molecule has 1 aromatic heterocycles. The molecule has 6 heteroatoms. The topological polar surface area (TPSA) is 77.8 Å². The summed E-state index contributed by atoms with van der Waals surface area (Å²) in [5.74, 6) is 0.361. The fraction of sp³-hybridized carbons (Fsp3) is 0.455. The first-order valence-electron chi connectivity index (χ1n) is 5.16. The van der Waals surface area contributed by atoms with E-state index in [4.69, 9.17) is 9.15 Å². The summed E-state index contributed by atoms with van der Waals surface area (Å²) in [4.78, 5) is 22.8. The van der Waals surface area contributed by atoms with Gasteiger partial charge in [0.2, 0.25) is 0 Å². The minimum absolute atomic E-state index is 0.220. The molecule has 1 N–H and O–H groups in total. The van der Waals surface area contributed by atoms with Crippen molar-refractivity contribution in [2.75, 3.05) is 13.7 Å². The van der Waals surface area contributed by atoms with Gasteiger partial charge in [-0.15, -0.1) is 0 Å². The van der Waals surface area contributed by atoms with Crippen molar-refractivity contribution in [3.05, 3.63) is 23.7 Å². The van der Waals surface area contributed by atoms with Crippen LogP contribution >= 0.6 is 0 Å². The number of hydrogen-bond donors (Lipinski definition) is 1. The number of ether oxygens (including phenoxy) is 2. The molecule has 0 aliphatic carbocycles. The highest BCUT2D eigenvalue weighted by atomic mass is 16.5. The molecule has 1 rings (SSSR count). The third-order valence-corrected chi connectivity index (χ3v) is 2.02. The van der Waals surface area contributed by atoms with Crippen LogP contribution in [0.5, 0.6) is 0 Å². The molecule has 17 heavy (non-hydrogen) atoms. The highest BCUT2D eigenvalue weighted by Gasteiger charge is 2.27. The number of amides is 1. The molecule has 6 nitrogen and oxygen atoms in total. The number of hydrogen-bond acceptors (Lipinski definition) is 5. The SMILES string of the molecule is CCOC(=O)[C@@H](NC(=O)OC)c1ccc(C)o1. The van der Waals surface area contributed by atoms with E-state index in [0.29, 0.717) is 11.5 Å². The number of rotatable bonds is 4. The second-order valence-corrected chi connectivity index (χ2v) is 3.27. The van der Waals surface area contributed by atoms with Gasteiger partial charge in [-0.05, 0) is 26.0 Å². The minimum Gasteiger partial charge on any atom is -0.464 e. The van der Waals surface area contributed by atoms with Gasteiger partial charge in [-0.25, -0.2) is 9.59 Å². The first-order chi connectivity index (χ1) is 8.08. The summed E-state index contributed by atoms with van der Waals surface area (Å²) < 4.78 is 14.6. The lowest BCUT2D eigenvalue weighted by Gasteiger charge is -2.14. The van der Waals surface area contributed by atoms with Crippen LogP contribution in [0.1, 0.15) is 24.5 Å². The van der Waals surface area contributed by atoms with Gasteiger partial charge in [0, 0.05) is 0 Å². The van der Waals surface area contributed by atoms with Gasteiger partial charge in [0.15, 0.2) is 6.04 Å². The van der Waals surface area contributed by atoms with Gasteiger partial charge < -0.3 is 19.2 Å². The fourth-order valence-electron chi connectivity index (χ4n) is 1.26. The second-order valence-electron chi connectivity index (χ2n) is 3.27. The Balaban J connectivity index is 2.85. The maximum absolute atomic E-state index is 11.7. The van der Waals surface area contributed by atoms with E-state index in [0.717, 1.165) is 0 Å². The van der Waals surface area contributed by atoms with Crippen molar-refractivity contribution in [2.24, 2.45) is 0 Å². The van der Waals surface area contributed by atoms with Crippen LogP contribution in [0.25, 0.3) is 0 Å². The molecule has 0 aliphatic rings. The lowest BCUT2D eigenvalue weighted by molar-refractivity contribution is -0.146. The van der Waals surface area contributed by atoms with Gasteiger partial charge >= 0.3 is 12.1 Å². The van der Waals surface area contributed by atoms with Crippen molar-refractivity contribution in [1.29, 1.82) is 0 Å². The molecule has 1 atom stereocenters. The number of carbonyl (C=O) groups is 2. The molecule has 0 saturated heterocycles. The standard InChI is InChI=1S/C11H15NO5/c1-4-16-10(13)9(12-11(14)15-3)8-6-5-7(2)17-8/h5-6,9H,4H2,1-3H3,(H,12,14)/t9-/m0/s1. The van der Waals surface area contributed by atoms with Crippen LogP contribution in [0.4, 0.5) is 4.79 Å². The van der Waals surface area contributed by atoms with Crippen molar-refractivity contribution < 1.29 is 23.5 Å².